The summed E-state index contributed by atoms with van der Waals surface area (Å²) < 4.78 is 19.8. The molecule has 7 aromatic carbocycles. The molecule has 0 aliphatic carbocycles. The van der Waals surface area contributed by atoms with Gasteiger partial charge in [-0.3, -0.25) is 0 Å². The van der Waals surface area contributed by atoms with Gasteiger partial charge in [0, 0.05) is 57.7 Å². The van der Waals surface area contributed by atoms with Crippen LogP contribution in [0.1, 0.15) is 81.2 Å². The van der Waals surface area contributed by atoms with E-state index in [4.69, 9.17) is 13.3 Å². The average molecular weight is 852 g/mol. The summed E-state index contributed by atoms with van der Waals surface area (Å²) in [6.45, 7) is 16.8. The van der Waals surface area contributed by atoms with Gasteiger partial charge in [0.1, 0.15) is 0 Å². The smallest absolute Gasteiger partial charge is 0.370 e. The summed E-state index contributed by atoms with van der Waals surface area (Å²) >= 11 is 1.69. The first-order chi connectivity index (χ1) is 30.1. The molecule has 0 fully saturated rings. The number of thiophene rings is 1. The van der Waals surface area contributed by atoms with Crippen molar-refractivity contribution in [2.45, 2.75) is 59.3 Å². The van der Waals surface area contributed by atoms with E-state index in [1.165, 1.54) is 49.4 Å². The van der Waals surface area contributed by atoms with Gasteiger partial charge in [-0.2, -0.15) is 0 Å². The van der Waals surface area contributed by atoms with Crippen LogP contribution in [0.4, 0.5) is 17.1 Å². The molecule has 0 atom stereocenters. The normalized spacial score (nSPS) is 12.4. The zero-order chi connectivity index (χ0) is 43.3. The van der Waals surface area contributed by atoms with E-state index >= 15 is 0 Å². The Morgan fingerprint density at radius 2 is 0.839 bits per heavy atom. The minimum absolute atomic E-state index is 0.162. The molecule has 0 amide bonds. The molecule has 1 aromatic heterocycles. The van der Waals surface area contributed by atoms with Crippen molar-refractivity contribution in [3.63, 3.8) is 0 Å². The Morgan fingerprint density at radius 3 is 1.26 bits per heavy atom. The van der Waals surface area contributed by atoms with Crippen LogP contribution >= 0.6 is 11.3 Å². The summed E-state index contributed by atoms with van der Waals surface area (Å²) in [6.07, 6.45) is 4.50. The monoisotopic (exact) mass is 851 g/mol. The maximum Gasteiger partial charge on any atom is 0.547 e. The Hall–Kier alpha value is -5.60. The van der Waals surface area contributed by atoms with Crippen LogP contribution in [0.25, 0.3) is 33.7 Å². The molecule has 0 spiro atoms. The molecule has 0 radical (unpaired) electrons. The van der Waals surface area contributed by atoms with Crippen molar-refractivity contribution in [2.24, 2.45) is 0 Å². The van der Waals surface area contributed by atoms with Gasteiger partial charge in [0.2, 0.25) is 0 Å². The molecule has 6 heteroatoms. The molecule has 1 heterocycles. The first kappa shape index (κ1) is 43.1. The van der Waals surface area contributed by atoms with Crippen molar-refractivity contribution in [1.29, 1.82) is 0 Å². The second-order valence-corrected chi connectivity index (χ2v) is 20.7. The van der Waals surface area contributed by atoms with E-state index in [1.54, 1.807) is 11.3 Å². The molecule has 0 aliphatic rings. The van der Waals surface area contributed by atoms with Crippen molar-refractivity contribution in [3.05, 3.63) is 203 Å². The third-order valence-corrected chi connectivity index (χ3v) is 16.9. The van der Waals surface area contributed by atoms with Crippen LogP contribution in [0, 0.1) is 0 Å². The van der Waals surface area contributed by atoms with Crippen molar-refractivity contribution in [1.82, 2.24) is 0 Å². The molecule has 314 valence electrons. The molecule has 4 nitrogen and oxygen atoms in total. The summed E-state index contributed by atoms with van der Waals surface area (Å²) in [4.78, 5) is 3.58. The number of hydrogen-bond acceptors (Lipinski definition) is 5. The molecule has 0 saturated carbocycles. The quantitative estimate of drug-likeness (QED) is 0.0716. The molecular formula is C56H57NO3SSi. The van der Waals surface area contributed by atoms with Gasteiger partial charge in [0.25, 0.3) is 0 Å². The summed E-state index contributed by atoms with van der Waals surface area (Å²) in [5.74, 6) is 0. The van der Waals surface area contributed by atoms with E-state index in [2.05, 4.69) is 215 Å². The second kappa shape index (κ2) is 18.4. The number of nitrogens with zero attached hydrogens (tertiary/aromatic N) is 1. The van der Waals surface area contributed by atoms with Crippen molar-refractivity contribution in [2.75, 3.05) is 24.7 Å². The number of anilines is 3. The minimum atomic E-state index is -3.02. The lowest BCUT2D eigenvalue weighted by Gasteiger charge is -2.32. The Bertz CT molecular complexity index is 2610. The zero-order valence-electron chi connectivity index (χ0n) is 37.0. The van der Waals surface area contributed by atoms with Crippen LogP contribution in [-0.2, 0) is 24.1 Å². The van der Waals surface area contributed by atoms with Gasteiger partial charge in [-0.1, -0.05) is 167 Å². The first-order valence-electron chi connectivity index (χ1n) is 21.9. The predicted molar refractivity (Wildman–Crippen MR) is 267 cm³/mol. The van der Waals surface area contributed by atoms with Crippen molar-refractivity contribution < 1.29 is 13.3 Å². The second-order valence-electron chi connectivity index (χ2n) is 16.7. The lowest BCUT2D eigenvalue weighted by Crippen LogP contribution is -2.55. The zero-order valence-corrected chi connectivity index (χ0v) is 38.8. The Balaban J connectivity index is 1.28. The maximum atomic E-state index is 6.26. The topological polar surface area (TPSA) is 30.9 Å². The average Bonchev–Trinajstić information content (AvgIpc) is 3.80. The van der Waals surface area contributed by atoms with E-state index in [9.17, 15) is 0 Å². The number of rotatable bonds is 16. The van der Waals surface area contributed by atoms with E-state index in [0.29, 0.717) is 19.8 Å². The maximum absolute atomic E-state index is 6.26. The summed E-state index contributed by atoms with van der Waals surface area (Å²) in [6, 6.07) is 61.9. The Morgan fingerprint density at radius 1 is 0.452 bits per heavy atom. The van der Waals surface area contributed by atoms with Gasteiger partial charge >= 0.3 is 8.80 Å². The fourth-order valence-electron chi connectivity index (χ4n) is 8.75. The fraction of sp³-hybridized carbons (Fsp3) is 0.214. The van der Waals surface area contributed by atoms with Gasteiger partial charge in [0.05, 0.1) is 10.2 Å². The number of benzene rings is 7. The van der Waals surface area contributed by atoms with Crippen LogP contribution in [-0.4, -0.2) is 28.6 Å². The van der Waals surface area contributed by atoms with E-state index in [1.807, 2.05) is 20.8 Å². The first-order valence-corrected chi connectivity index (χ1v) is 24.4. The van der Waals surface area contributed by atoms with E-state index in [-0.39, 0.29) is 10.8 Å². The lowest BCUT2D eigenvalue weighted by molar-refractivity contribution is 0.0866. The molecule has 0 aliphatic heterocycles. The lowest BCUT2D eigenvalue weighted by atomic mass is 9.78. The predicted octanol–water partition coefficient (Wildman–Crippen LogP) is 14.6. The Kier molecular flexibility index (Phi) is 12.8. The molecule has 8 rings (SSSR count). The van der Waals surface area contributed by atoms with Crippen LogP contribution in [0.5, 0.6) is 0 Å². The van der Waals surface area contributed by atoms with Crippen LogP contribution in [0.2, 0.25) is 0 Å². The highest BCUT2D eigenvalue weighted by Gasteiger charge is 2.44. The molecule has 0 N–H and O–H groups in total. The fourth-order valence-corrected chi connectivity index (χ4v) is 12.9. The van der Waals surface area contributed by atoms with Gasteiger partial charge in [-0.15, -0.1) is 11.3 Å². The minimum Gasteiger partial charge on any atom is -0.370 e. The standard InChI is InChI=1S/C56H57NO3SSi/c1-8-58-62(59-9-2,60-10-3)53-40-38-47(61-53)37-39-50-48-25-17-19-27-51(48)54(52-28-20-18-26-49(50)52)57(45-33-29-43(30-34-45)55(4,5)41-21-13-11-14-22-41)46-35-31-44(32-36-46)56(6,7)42-23-15-12-16-24-42/h11-40H,8-10H2,1-7H3. The number of fused-ring (bicyclic) bond motifs is 2. The third kappa shape index (κ3) is 8.34. The largest absolute Gasteiger partial charge is 0.547 e. The SMILES string of the molecule is CCO[Si](OCC)(OCC)c1ccc(C=Cc2c3ccccc3c(N(c3ccc(C(C)(C)c4ccccc4)cc3)c3ccc(C(C)(C)c4ccccc4)cc3)c3ccccc23)s1. The van der Waals surface area contributed by atoms with Gasteiger partial charge in [-0.25, -0.2) is 0 Å². The molecule has 62 heavy (non-hydrogen) atoms. The van der Waals surface area contributed by atoms with Crippen LogP contribution in [0.15, 0.2) is 170 Å². The van der Waals surface area contributed by atoms with Crippen LogP contribution < -0.4 is 9.40 Å². The van der Waals surface area contributed by atoms with Crippen molar-refractivity contribution in [3.8, 4) is 0 Å². The molecule has 0 unspecified atom stereocenters. The molecular weight excluding hydrogens is 795 g/mol. The third-order valence-electron chi connectivity index (χ3n) is 12.2. The van der Waals surface area contributed by atoms with Gasteiger partial charge in [0.15, 0.2) is 0 Å². The van der Waals surface area contributed by atoms with Crippen molar-refractivity contribution >= 4 is 75.4 Å². The Labute approximate surface area is 373 Å². The number of hydrogen-bond donors (Lipinski definition) is 0. The van der Waals surface area contributed by atoms with Gasteiger partial charge < -0.3 is 18.2 Å². The van der Waals surface area contributed by atoms with E-state index in [0.717, 1.165) is 26.4 Å². The van der Waals surface area contributed by atoms with E-state index < -0.39 is 8.80 Å². The molecule has 0 saturated heterocycles. The molecule has 0 bridgehead atoms. The highest BCUT2D eigenvalue weighted by Crippen LogP contribution is 2.47. The summed E-state index contributed by atoms with van der Waals surface area (Å²) in [7, 11) is -3.02. The highest BCUT2D eigenvalue weighted by molar-refractivity contribution is 7.24. The van der Waals surface area contributed by atoms with Crippen LogP contribution in [0.3, 0.4) is 0 Å². The van der Waals surface area contributed by atoms with Gasteiger partial charge in [-0.05, 0) is 102 Å². The highest BCUT2D eigenvalue weighted by atomic mass is 32.1. The summed E-state index contributed by atoms with van der Waals surface area (Å²) in [5.41, 5.74) is 9.32. The molecule has 8 aromatic rings. The summed E-state index contributed by atoms with van der Waals surface area (Å²) in [5, 5.41) is 4.72.